The Morgan fingerprint density at radius 3 is 1.59 bits per heavy atom. The van der Waals surface area contributed by atoms with Gasteiger partial charge in [0.15, 0.2) is 6.73 Å². The largest absolute Gasteiger partial charge is 1.00 e. The van der Waals surface area contributed by atoms with Crippen molar-refractivity contribution in [3.8, 4) is 0 Å². The van der Waals surface area contributed by atoms with Crippen molar-refractivity contribution in [2.24, 2.45) is 0 Å². The smallest absolute Gasteiger partial charge is 0.182 e. The zero-order valence-corrected chi connectivity index (χ0v) is 20.4. The Kier molecular flexibility index (Phi) is 19.0. The van der Waals surface area contributed by atoms with Crippen molar-refractivity contribution in [3.63, 3.8) is 0 Å². The molecule has 0 N–H and O–H groups in total. The molecule has 3 heteroatoms. The number of quaternary nitrogens is 1. The van der Waals surface area contributed by atoms with Gasteiger partial charge in [0, 0.05) is 5.56 Å². The van der Waals surface area contributed by atoms with Crippen LogP contribution in [0.1, 0.15) is 102 Å². The van der Waals surface area contributed by atoms with Crippen LogP contribution in [-0.4, -0.2) is 31.9 Å². The Morgan fingerprint density at radius 1 is 0.655 bits per heavy atom. The summed E-state index contributed by atoms with van der Waals surface area (Å²) >= 11 is 0. The summed E-state index contributed by atoms with van der Waals surface area (Å²) in [6.45, 7) is 5.03. The van der Waals surface area contributed by atoms with E-state index >= 15 is 0 Å². The minimum Gasteiger partial charge on any atom is -1.00 e. The topological polar surface area (TPSA) is 9.23 Å². The molecule has 0 unspecified atom stereocenters. The lowest BCUT2D eigenvalue weighted by atomic mass is 10.0. The van der Waals surface area contributed by atoms with E-state index in [2.05, 4.69) is 51.4 Å². The number of halogens is 1. The quantitative estimate of drug-likeness (QED) is 0.177. The van der Waals surface area contributed by atoms with Gasteiger partial charge in [0.05, 0.1) is 20.7 Å². The van der Waals surface area contributed by atoms with E-state index in [0.29, 0.717) is 0 Å². The first kappa shape index (κ1) is 28.4. The Morgan fingerprint density at radius 2 is 1.10 bits per heavy atom. The molecule has 0 heterocycles. The van der Waals surface area contributed by atoms with Gasteiger partial charge in [-0.15, -0.1) is 0 Å². The maximum absolute atomic E-state index is 5.95. The molecule has 0 saturated heterocycles. The van der Waals surface area contributed by atoms with Gasteiger partial charge in [-0.05, 0) is 6.42 Å². The second-order valence-electron chi connectivity index (χ2n) is 9.21. The van der Waals surface area contributed by atoms with Crippen LogP contribution in [0.25, 0.3) is 0 Å². The van der Waals surface area contributed by atoms with Crippen LogP contribution in [0.15, 0.2) is 30.3 Å². The number of nitrogens with zero attached hydrogens (tertiary/aromatic N) is 1. The minimum atomic E-state index is 0. The van der Waals surface area contributed by atoms with E-state index in [9.17, 15) is 0 Å². The van der Waals surface area contributed by atoms with Crippen LogP contribution >= 0.6 is 0 Å². The third-order valence-electron chi connectivity index (χ3n) is 5.54. The third-order valence-corrected chi connectivity index (χ3v) is 5.54. The van der Waals surface area contributed by atoms with Gasteiger partial charge >= 0.3 is 0 Å². The molecule has 1 aromatic rings. The summed E-state index contributed by atoms with van der Waals surface area (Å²) in [6, 6.07) is 10.7. The zero-order valence-electron chi connectivity index (χ0n) is 19.6. The van der Waals surface area contributed by atoms with Gasteiger partial charge in [-0.3, -0.25) is 0 Å². The van der Waals surface area contributed by atoms with E-state index in [1.165, 1.54) is 95.5 Å². The molecule has 0 aromatic heterocycles. The van der Waals surface area contributed by atoms with E-state index in [0.717, 1.165) is 24.4 Å². The number of unbranched alkanes of at least 4 members (excludes halogenated alkanes) is 13. The predicted molar refractivity (Wildman–Crippen MR) is 123 cm³/mol. The average molecular weight is 426 g/mol. The molecular formula is C26H48ClNO. The standard InChI is InChI=1S/C26H48NO.ClH/c1-4-5-6-7-8-9-10-11-12-13-14-15-16-20-23-28-25-27(2,3)24-26-21-18-17-19-22-26;/h17-19,21-22H,4-16,20,23-25H2,1-3H3;1H/q+1;/p-1. The number of hydrogen-bond acceptors (Lipinski definition) is 1. The molecule has 1 rings (SSSR count). The Bertz CT molecular complexity index is 449. The summed E-state index contributed by atoms with van der Waals surface area (Å²) in [7, 11) is 4.50. The molecule has 0 bridgehead atoms. The van der Waals surface area contributed by atoms with E-state index < -0.39 is 0 Å². The molecule has 0 amide bonds. The second-order valence-corrected chi connectivity index (χ2v) is 9.21. The molecule has 1 aromatic carbocycles. The summed E-state index contributed by atoms with van der Waals surface area (Å²) in [5.41, 5.74) is 1.38. The molecule has 2 nitrogen and oxygen atoms in total. The van der Waals surface area contributed by atoms with Crippen LogP contribution < -0.4 is 12.4 Å². The fraction of sp³-hybridized carbons (Fsp3) is 0.769. The van der Waals surface area contributed by atoms with E-state index in [1.807, 2.05) is 0 Å². The summed E-state index contributed by atoms with van der Waals surface area (Å²) in [6.07, 6.45) is 19.7. The summed E-state index contributed by atoms with van der Waals surface area (Å²) in [5, 5.41) is 0. The van der Waals surface area contributed by atoms with Gasteiger partial charge in [0.1, 0.15) is 6.54 Å². The fourth-order valence-corrected chi connectivity index (χ4v) is 3.83. The lowest BCUT2D eigenvalue weighted by Gasteiger charge is -2.29. The minimum absolute atomic E-state index is 0. The summed E-state index contributed by atoms with van der Waals surface area (Å²) in [4.78, 5) is 0. The van der Waals surface area contributed by atoms with Crippen LogP contribution in [0, 0.1) is 0 Å². The van der Waals surface area contributed by atoms with Crippen LogP contribution in [0.5, 0.6) is 0 Å². The van der Waals surface area contributed by atoms with Crippen LogP contribution in [0.3, 0.4) is 0 Å². The molecular weight excluding hydrogens is 378 g/mol. The van der Waals surface area contributed by atoms with E-state index in [-0.39, 0.29) is 12.4 Å². The molecule has 29 heavy (non-hydrogen) atoms. The van der Waals surface area contributed by atoms with E-state index in [4.69, 9.17) is 4.74 Å². The maximum atomic E-state index is 5.95. The van der Waals surface area contributed by atoms with Gasteiger partial charge in [-0.1, -0.05) is 121 Å². The highest BCUT2D eigenvalue weighted by Gasteiger charge is 2.15. The predicted octanol–water partition coefficient (Wildman–Crippen LogP) is 4.72. The highest BCUT2D eigenvalue weighted by molar-refractivity contribution is 5.13. The molecule has 0 aliphatic heterocycles. The van der Waals surface area contributed by atoms with Crippen LogP contribution in [-0.2, 0) is 11.3 Å². The van der Waals surface area contributed by atoms with Crippen molar-refractivity contribution in [3.05, 3.63) is 35.9 Å². The average Bonchev–Trinajstić information content (AvgIpc) is 2.68. The van der Waals surface area contributed by atoms with Crippen molar-refractivity contribution >= 4 is 0 Å². The molecule has 0 fully saturated rings. The summed E-state index contributed by atoms with van der Waals surface area (Å²) < 4.78 is 6.84. The molecule has 0 saturated carbocycles. The lowest BCUT2D eigenvalue weighted by molar-refractivity contribution is -0.922. The van der Waals surface area contributed by atoms with Gasteiger partial charge < -0.3 is 21.6 Å². The number of benzene rings is 1. The fourth-order valence-electron chi connectivity index (χ4n) is 3.83. The normalized spacial score (nSPS) is 11.4. The Labute approximate surface area is 188 Å². The van der Waals surface area contributed by atoms with Crippen LogP contribution in [0.4, 0.5) is 0 Å². The first-order valence-electron chi connectivity index (χ1n) is 12.1. The third kappa shape index (κ3) is 18.0. The lowest BCUT2D eigenvalue weighted by Crippen LogP contribution is -3.00. The molecule has 0 aliphatic carbocycles. The molecule has 0 atom stereocenters. The second kappa shape index (κ2) is 19.4. The molecule has 0 spiro atoms. The number of rotatable bonds is 19. The summed E-state index contributed by atoms with van der Waals surface area (Å²) in [5.74, 6) is 0. The molecule has 0 aliphatic rings. The first-order chi connectivity index (χ1) is 13.6. The van der Waals surface area contributed by atoms with Crippen molar-refractivity contribution in [2.45, 2.75) is 103 Å². The zero-order chi connectivity index (χ0) is 20.3. The monoisotopic (exact) mass is 425 g/mol. The molecule has 170 valence electrons. The van der Waals surface area contributed by atoms with Crippen molar-refractivity contribution in [1.29, 1.82) is 0 Å². The van der Waals surface area contributed by atoms with Gasteiger partial charge in [-0.25, -0.2) is 0 Å². The SMILES string of the molecule is CCCCCCCCCCCCCCCCOC[N+](C)(C)Cc1ccccc1.[Cl-]. The van der Waals surface area contributed by atoms with Crippen molar-refractivity contribution < 1.29 is 21.6 Å². The first-order valence-corrected chi connectivity index (χ1v) is 12.1. The van der Waals surface area contributed by atoms with Gasteiger partial charge in [-0.2, -0.15) is 0 Å². The highest BCUT2D eigenvalue weighted by Crippen LogP contribution is 2.13. The highest BCUT2D eigenvalue weighted by atomic mass is 35.5. The van der Waals surface area contributed by atoms with Crippen LogP contribution in [0.2, 0.25) is 0 Å². The van der Waals surface area contributed by atoms with Gasteiger partial charge in [0.2, 0.25) is 0 Å². The van der Waals surface area contributed by atoms with Gasteiger partial charge in [0.25, 0.3) is 0 Å². The number of ether oxygens (including phenoxy) is 1. The Hall–Kier alpha value is -0.570. The number of hydrogen-bond donors (Lipinski definition) is 0. The van der Waals surface area contributed by atoms with Crippen molar-refractivity contribution in [2.75, 3.05) is 27.4 Å². The van der Waals surface area contributed by atoms with Crippen molar-refractivity contribution in [1.82, 2.24) is 0 Å². The Balaban J connectivity index is 0.00000784. The molecule has 0 radical (unpaired) electrons. The maximum Gasteiger partial charge on any atom is 0.182 e. The van der Waals surface area contributed by atoms with E-state index in [1.54, 1.807) is 0 Å².